The summed E-state index contributed by atoms with van der Waals surface area (Å²) in [5.41, 5.74) is 3.15. The van der Waals surface area contributed by atoms with E-state index in [-0.39, 0.29) is 22.8 Å². The van der Waals surface area contributed by atoms with E-state index in [0.717, 1.165) is 29.1 Å². The van der Waals surface area contributed by atoms with Gasteiger partial charge in [-0.15, -0.1) is 0 Å². The number of fused-ring (bicyclic) bond motifs is 5. The fraction of sp³-hybridized carbons (Fsp3) is 0.222. The number of para-hydroxylation sites is 1. The maximum absolute atomic E-state index is 11.1. The molecule has 7 nitrogen and oxygen atoms in total. The van der Waals surface area contributed by atoms with Crippen molar-refractivity contribution < 1.29 is 14.2 Å². The van der Waals surface area contributed by atoms with Gasteiger partial charge in [0.15, 0.2) is 0 Å². The van der Waals surface area contributed by atoms with E-state index in [1.54, 1.807) is 12.1 Å². The molecule has 3 aromatic rings. The van der Waals surface area contributed by atoms with Crippen molar-refractivity contribution in [1.29, 1.82) is 0 Å². The van der Waals surface area contributed by atoms with Gasteiger partial charge < -0.3 is 4.74 Å². The molecule has 2 aliphatic rings. The van der Waals surface area contributed by atoms with E-state index in [2.05, 4.69) is 9.67 Å². The van der Waals surface area contributed by atoms with Gasteiger partial charge in [0.2, 0.25) is 6.33 Å². The van der Waals surface area contributed by atoms with Crippen LogP contribution in [-0.2, 0) is 17.8 Å². The first-order valence-corrected chi connectivity index (χ1v) is 8.14. The van der Waals surface area contributed by atoms with Crippen molar-refractivity contribution in [2.24, 2.45) is 0 Å². The molecule has 0 fully saturated rings. The predicted molar refractivity (Wildman–Crippen MR) is 87.3 cm³/mol. The molecule has 2 heterocycles. The molecule has 1 aliphatic heterocycles. The molecule has 0 saturated carbocycles. The number of benzene rings is 2. The van der Waals surface area contributed by atoms with Crippen molar-refractivity contribution >= 4 is 5.69 Å². The normalized spacial score (nSPS) is 20.6. The first-order valence-electron chi connectivity index (χ1n) is 8.14. The van der Waals surface area contributed by atoms with Crippen LogP contribution in [-0.4, -0.2) is 20.8 Å². The molecule has 0 spiro atoms. The molecule has 124 valence electrons. The van der Waals surface area contributed by atoms with E-state index in [0.29, 0.717) is 6.61 Å². The minimum Gasteiger partial charge on any atom is -0.363 e. The summed E-state index contributed by atoms with van der Waals surface area (Å²) < 4.78 is 9.92. The van der Waals surface area contributed by atoms with Crippen LogP contribution in [0, 0.1) is 10.1 Å². The van der Waals surface area contributed by atoms with Gasteiger partial charge in [0, 0.05) is 29.2 Å². The fourth-order valence-electron chi connectivity index (χ4n) is 3.77. The molecule has 0 bridgehead atoms. The van der Waals surface area contributed by atoms with Gasteiger partial charge >= 0.3 is 5.82 Å². The van der Waals surface area contributed by atoms with E-state index in [9.17, 15) is 10.1 Å². The third kappa shape index (κ3) is 2.16. The second-order valence-corrected chi connectivity index (χ2v) is 6.36. The highest BCUT2D eigenvalue weighted by Crippen LogP contribution is 2.37. The highest BCUT2D eigenvalue weighted by atomic mass is 16.6. The number of ether oxygens (including phenoxy) is 1. The molecule has 0 N–H and O–H groups in total. The molecule has 1 aliphatic carbocycles. The number of hydrogen-bond acceptors (Lipinski definition) is 4. The lowest BCUT2D eigenvalue weighted by atomic mass is 10.1. The van der Waals surface area contributed by atoms with Crippen LogP contribution in [0.2, 0.25) is 0 Å². The van der Waals surface area contributed by atoms with Crippen LogP contribution in [0.1, 0.15) is 23.0 Å². The maximum Gasteiger partial charge on any atom is 0.304 e. The number of hydrogen-bond donors (Lipinski definition) is 0. The molecule has 0 saturated heterocycles. The predicted octanol–water partition coefficient (Wildman–Crippen LogP) is 2.11. The van der Waals surface area contributed by atoms with E-state index in [1.807, 2.05) is 47.4 Å². The van der Waals surface area contributed by atoms with Crippen LogP contribution >= 0.6 is 0 Å². The highest BCUT2D eigenvalue weighted by Gasteiger charge is 2.44. The summed E-state index contributed by atoms with van der Waals surface area (Å²) in [6.07, 6.45) is 2.71. The van der Waals surface area contributed by atoms with Crippen LogP contribution in [0.4, 0.5) is 5.69 Å². The van der Waals surface area contributed by atoms with Gasteiger partial charge in [-0.2, -0.15) is 0 Å². The number of non-ortho nitro benzene ring substituents is 1. The molecule has 1 aromatic heterocycles. The Balaban J connectivity index is 1.62. The summed E-state index contributed by atoms with van der Waals surface area (Å²) in [5.74, 6) is 0.824. The van der Waals surface area contributed by atoms with Gasteiger partial charge in [0.05, 0.1) is 4.92 Å². The van der Waals surface area contributed by atoms with E-state index < -0.39 is 0 Å². The third-order valence-electron chi connectivity index (χ3n) is 4.93. The monoisotopic (exact) mass is 335 g/mol. The van der Waals surface area contributed by atoms with Crippen LogP contribution in [0.25, 0.3) is 5.69 Å². The Bertz CT molecular complexity index is 983. The number of nitrogens with zero attached hydrogens (tertiary/aromatic N) is 4. The Kier molecular flexibility index (Phi) is 2.98. The van der Waals surface area contributed by atoms with Crippen molar-refractivity contribution in [1.82, 2.24) is 9.78 Å². The van der Waals surface area contributed by atoms with Gasteiger partial charge in [0.1, 0.15) is 24.4 Å². The van der Waals surface area contributed by atoms with Crippen molar-refractivity contribution in [3.05, 3.63) is 81.9 Å². The van der Waals surface area contributed by atoms with E-state index >= 15 is 0 Å². The lowest BCUT2D eigenvalue weighted by Crippen LogP contribution is -2.51. The van der Waals surface area contributed by atoms with Gasteiger partial charge in [-0.3, -0.25) is 10.1 Å². The van der Waals surface area contributed by atoms with Crippen molar-refractivity contribution in [3.8, 4) is 5.69 Å². The molecular weight excluding hydrogens is 320 g/mol. The van der Waals surface area contributed by atoms with Gasteiger partial charge in [-0.1, -0.05) is 28.9 Å². The summed E-state index contributed by atoms with van der Waals surface area (Å²) in [5, 5.41) is 15.8. The van der Waals surface area contributed by atoms with Crippen LogP contribution < -0.4 is 4.57 Å². The lowest BCUT2D eigenvalue weighted by molar-refractivity contribution is -0.739. The number of nitro groups is 1. The number of rotatable bonds is 2. The Morgan fingerprint density at radius 2 is 2.08 bits per heavy atom. The standard InChI is InChI=1S/C18H15N4O3/c23-22(24)14-7-6-12-8-16-18(15(12)9-14)20-11-21(19-17(20)10-25-16)13-4-2-1-3-5-13/h1-7,9,11,16,18H,8,10H2/q+1/t16-,18?/m0/s1. The second kappa shape index (κ2) is 5.22. The molecule has 25 heavy (non-hydrogen) atoms. The van der Waals surface area contributed by atoms with Crippen molar-refractivity contribution in [3.63, 3.8) is 0 Å². The van der Waals surface area contributed by atoms with Crippen LogP contribution in [0.15, 0.2) is 54.9 Å². The SMILES string of the molecule is O=[N+]([O-])c1ccc2c(c1)C1[C@H](C2)OCc2nn(-c3ccccc3)c[n+]21. The average molecular weight is 335 g/mol. The Morgan fingerprint density at radius 1 is 1.24 bits per heavy atom. The topological polar surface area (TPSA) is 74.1 Å². The van der Waals surface area contributed by atoms with Gasteiger partial charge in [-0.25, -0.2) is 4.57 Å². The minimum atomic E-state index is -0.351. The quantitative estimate of drug-likeness (QED) is 0.408. The van der Waals surface area contributed by atoms with Gasteiger partial charge in [0.25, 0.3) is 5.69 Å². The van der Waals surface area contributed by atoms with Crippen LogP contribution in [0.3, 0.4) is 0 Å². The highest BCUT2D eigenvalue weighted by molar-refractivity contribution is 5.44. The first-order chi connectivity index (χ1) is 12.2. The zero-order chi connectivity index (χ0) is 17.0. The van der Waals surface area contributed by atoms with Gasteiger partial charge in [-0.05, 0) is 17.7 Å². The van der Waals surface area contributed by atoms with Crippen molar-refractivity contribution in [2.45, 2.75) is 25.2 Å². The average Bonchev–Trinajstić information content (AvgIpc) is 3.22. The fourth-order valence-corrected chi connectivity index (χ4v) is 3.77. The molecular formula is C18H15N4O3+. The Labute approximate surface area is 143 Å². The largest absolute Gasteiger partial charge is 0.363 e. The maximum atomic E-state index is 11.1. The van der Waals surface area contributed by atoms with E-state index in [4.69, 9.17) is 4.74 Å². The summed E-state index contributed by atoms with van der Waals surface area (Å²) in [6, 6.07) is 14.9. The Morgan fingerprint density at radius 3 is 2.88 bits per heavy atom. The Hall–Kier alpha value is -3.06. The minimum absolute atomic E-state index is 0.0112. The summed E-state index contributed by atoms with van der Waals surface area (Å²) in [4.78, 5) is 10.8. The number of nitro benzene ring substituents is 1. The molecule has 5 rings (SSSR count). The molecule has 2 aromatic carbocycles. The van der Waals surface area contributed by atoms with Crippen LogP contribution in [0.5, 0.6) is 0 Å². The molecule has 2 atom stereocenters. The summed E-state index contributed by atoms with van der Waals surface area (Å²) in [6.45, 7) is 0.442. The number of aromatic nitrogens is 3. The van der Waals surface area contributed by atoms with Crippen molar-refractivity contribution in [2.75, 3.05) is 0 Å². The zero-order valence-electron chi connectivity index (χ0n) is 13.3. The molecule has 0 radical (unpaired) electrons. The molecule has 7 heteroatoms. The zero-order valence-corrected chi connectivity index (χ0v) is 13.3. The first kappa shape index (κ1) is 14.3. The summed E-state index contributed by atoms with van der Waals surface area (Å²) in [7, 11) is 0. The smallest absolute Gasteiger partial charge is 0.304 e. The second-order valence-electron chi connectivity index (χ2n) is 6.36. The third-order valence-corrected chi connectivity index (χ3v) is 4.93. The van der Waals surface area contributed by atoms with E-state index in [1.165, 1.54) is 0 Å². The molecule has 1 unspecified atom stereocenters. The summed E-state index contributed by atoms with van der Waals surface area (Å²) >= 11 is 0. The lowest BCUT2D eigenvalue weighted by Gasteiger charge is -2.23. The molecule has 0 amide bonds.